The molecule has 108 valence electrons. The fourth-order valence-electron chi connectivity index (χ4n) is 1.96. The minimum atomic E-state index is 0.0960. The van der Waals surface area contributed by atoms with Gasteiger partial charge in [0.15, 0.2) is 5.82 Å². The van der Waals surface area contributed by atoms with Gasteiger partial charge in [0, 0.05) is 12.1 Å². The fraction of sp³-hybridized carbons (Fsp3) is 0.500. The largest absolute Gasteiger partial charge is 0.305 e. The van der Waals surface area contributed by atoms with E-state index in [9.17, 15) is 0 Å². The number of nitrogens with zero attached hydrogens (tertiary/aromatic N) is 3. The van der Waals surface area contributed by atoms with Crippen molar-refractivity contribution in [2.45, 2.75) is 52.2 Å². The molecule has 0 atom stereocenters. The molecule has 0 amide bonds. The summed E-state index contributed by atoms with van der Waals surface area (Å²) in [6.45, 7) is 8.06. The summed E-state index contributed by atoms with van der Waals surface area (Å²) in [5.41, 5.74) is 1.47. The Hall–Kier alpha value is -1.68. The van der Waals surface area contributed by atoms with Gasteiger partial charge in [0.1, 0.15) is 6.33 Å². The Morgan fingerprint density at radius 1 is 1.15 bits per heavy atom. The molecule has 0 aliphatic heterocycles. The first-order chi connectivity index (χ1) is 9.53. The Kier molecular flexibility index (Phi) is 4.90. The topological polar surface area (TPSA) is 42.7 Å². The number of aromatic nitrogens is 3. The maximum atomic E-state index is 4.49. The maximum Gasteiger partial charge on any atom is 0.164 e. The van der Waals surface area contributed by atoms with Gasteiger partial charge in [-0.1, -0.05) is 30.3 Å². The van der Waals surface area contributed by atoms with E-state index in [-0.39, 0.29) is 5.54 Å². The van der Waals surface area contributed by atoms with Crippen LogP contribution < -0.4 is 5.32 Å². The van der Waals surface area contributed by atoms with Crippen LogP contribution in [-0.4, -0.2) is 20.3 Å². The zero-order valence-electron chi connectivity index (χ0n) is 12.6. The molecule has 1 aromatic carbocycles. The van der Waals surface area contributed by atoms with Crippen LogP contribution in [0.25, 0.3) is 0 Å². The zero-order valence-corrected chi connectivity index (χ0v) is 12.6. The van der Waals surface area contributed by atoms with Gasteiger partial charge in [-0.15, -0.1) is 0 Å². The summed E-state index contributed by atoms with van der Waals surface area (Å²) in [4.78, 5) is 4.33. The average Bonchev–Trinajstić information content (AvgIpc) is 2.85. The molecular formula is C16H24N4. The van der Waals surface area contributed by atoms with E-state index in [4.69, 9.17) is 0 Å². The molecule has 20 heavy (non-hydrogen) atoms. The van der Waals surface area contributed by atoms with E-state index in [0.29, 0.717) is 0 Å². The van der Waals surface area contributed by atoms with Gasteiger partial charge in [0.25, 0.3) is 0 Å². The van der Waals surface area contributed by atoms with Gasteiger partial charge >= 0.3 is 0 Å². The van der Waals surface area contributed by atoms with Gasteiger partial charge in [-0.25, -0.2) is 4.98 Å². The summed E-state index contributed by atoms with van der Waals surface area (Å²) in [7, 11) is 0. The molecule has 0 saturated carbocycles. The van der Waals surface area contributed by atoms with Crippen LogP contribution in [0.15, 0.2) is 36.7 Å². The lowest BCUT2D eigenvalue weighted by Crippen LogP contribution is -2.35. The lowest BCUT2D eigenvalue weighted by atomic mass is 10.1. The summed E-state index contributed by atoms with van der Waals surface area (Å²) >= 11 is 0. The molecule has 0 radical (unpaired) electrons. The fourth-order valence-corrected chi connectivity index (χ4v) is 1.96. The third-order valence-electron chi connectivity index (χ3n) is 3.06. The number of aryl methyl sites for hydroxylation is 2. The molecule has 4 heteroatoms. The highest BCUT2D eigenvalue weighted by Gasteiger charge is 2.10. The van der Waals surface area contributed by atoms with Crippen LogP contribution in [-0.2, 0) is 19.5 Å². The number of hydrogen-bond donors (Lipinski definition) is 1. The van der Waals surface area contributed by atoms with Gasteiger partial charge in [-0.2, -0.15) is 5.10 Å². The zero-order chi connectivity index (χ0) is 14.4. The quantitative estimate of drug-likeness (QED) is 0.879. The molecule has 1 heterocycles. The van der Waals surface area contributed by atoms with Gasteiger partial charge in [-0.05, 0) is 39.2 Å². The third kappa shape index (κ3) is 5.13. The van der Waals surface area contributed by atoms with Crippen molar-refractivity contribution in [1.29, 1.82) is 0 Å². The molecule has 0 unspecified atom stereocenters. The van der Waals surface area contributed by atoms with E-state index >= 15 is 0 Å². The van der Waals surface area contributed by atoms with E-state index in [1.165, 1.54) is 5.56 Å². The number of hydrogen-bond acceptors (Lipinski definition) is 3. The molecule has 0 aliphatic carbocycles. The van der Waals surface area contributed by atoms with Crippen molar-refractivity contribution < 1.29 is 0 Å². The van der Waals surface area contributed by atoms with Crippen LogP contribution in [0.3, 0.4) is 0 Å². The van der Waals surface area contributed by atoms with Crippen LogP contribution in [0, 0.1) is 0 Å². The molecule has 0 saturated heterocycles. The van der Waals surface area contributed by atoms with E-state index in [1.807, 2.05) is 11.0 Å². The molecule has 1 aromatic heterocycles. The number of benzene rings is 1. The summed E-state index contributed by atoms with van der Waals surface area (Å²) in [5.74, 6) is 0.861. The number of rotatable bonds is 6. The second-order valence-electron chi connectivity index (χ2n) is 6.12. The van der Waals surface area contributed by atoms with Crippen molar-refractivity contribution in [3.05, 3.63) is 48.0 Å². The average molecular weight is 272 g/mol. The Morgan fingerprint density at radius 2 is 1.90 bits per heavy atom. The first kappa shape index (κ1) is 14.7. The van der Waals surface area contributed by atoms with Gasteiger partial charge in [0.05, 0.1) is 6.54 Å². The van der Waals surface area contributed by atoms with Crippen molar-refractivity contribution in [1.82, 2.24) is 20.1 Å². The smallest absolute Gasteiger partial charge is 0.164 e. The van der Waals surface area contributed by atoms with Gasteiger partial charge < -0.3 is 5.32 Å². The van der Waals surface area contributed by atoms with Crippen molar-refractivity contribution in [2.24, 2.45) is 0 Å². The van der Waals surface area contributed by atoms with Crippen LogP contribution >= 0.6 is 0 Å². The highest BCUT2D eigenvalue weighted by molar-refractivity contribution is 5.14. The van der Waals surface area contributed by atoms with E-state index in [1.54, 1.807) is 0 Å². The lowest BCUT2D eigenvalue weighted by molar-refractivity contribution is 0.416. The molecule has 0 bridgehead atoms. The second kappa shape index (κ2) is 6.66. The van der Waals surface area contributed by atoms with Crippen LogP contribution in [0.2, 0.25) is 0 Å². The molecule has 4 nitrogen and oxygen atoms in total. The molecule has 2 aromatic rings. The Balaban J connectivity index is 1.75. The number of nitrogens with one attached hydrogen (secondary N) is 1. The minimum Gasteiger partial charge on any atom is -0.305 e. The molecule has 0 fully saturated rings. The highest BCUT2D eigenvalue weighted by Crippen LogP contribution is 2.04. The van der Waals surface area contributed by atoms with Crippen LogP contribution in [0.4, 0.5) is 0 Å². The molecule has 1 N–H and O–H groups in total. The first-order valence-electron chi connectivity index (χ1n) is 7.20. The maximum absolute atomic E-state index is 4.49. The molecule has 0 spiro atoms. The summed E-state index contributed by atoms with van der Waals surface area (Å²) in [6.07, 6.45) is 3.99. The standard InChI is InChI=1S/C16H24N4/c1-16(2,3)18-12-15-17-13-20(19-15)11-7-10-14-8-5-4-6-9-14/h4-6,8-9,13,18H,7,10-12H2,1-3H3. The van der Waals surface area contributed by atoms with Crippen molar-refractivity contribution >= 4 is 0 Å². The van der Waals surface area contributed by atoms with Crippen molar-refractivity contribution in [3.8, 4) is 0 Å². The summed E-state index contributed by atoms with van der Waals surface area (Å²) < 4.78 is 1.93. The summed E-state index contributed by atoms with van der Waals surface area (Å²) in [5, 5.41) is 7.88. The Labute approximate surface area is 121 Å². The first-order valence-corrected chi connectivity index (χ1v) is 7.20. The minimum absolute atomic E-state index is 0.0960. The second-order valence-corrected chi connectivity index (χ2v) is 6.12. The Morgan fingerprint density at radius 3 is 2.60 bits per heavy atom. The summed E-state index contributed by atoms with van der Waals surface area (Å²) in [6, 6.07) is 10.6. The predicted octanol–water partition coefficient (Wildman–Crippen LogP) is 2.80. The van der Waals surface area contributed by atoms with E-state index < -0.39 is 0 Å². The van der Waals surface area contributed by atoms with E-state index in [0.717, 1.165) is 31.8 Å². The predicted molar refractivity (Wildman–Crippen MR) is 81.4 cm³/mol. The van der Waals surface area contributed by atoms with Gasteiger partial charge in [-0.3, -0.25) is 4.68 Å². The van der Waals surface area contributed by atoms with Gasteiger partial charge in [0.2, 0.25) is 0 Å². The van der Waals surface area contributed by atoms with E-state index in [2.05, 4.69) is 66.5 Å². The normalized spacial score (nSPS) is 11.8. The third-order valence-corrected chi connectivity index (χ3v) is 3.06. The molecular weight excluding hydrogens is 248 g/mol. The lowest BCUT2D eigenvalue weighted by Gasteiger charge is -2.19. The monoisotopic (exact) mass is 272 g/mol. The van der Waals surface area contributed by atoms with Crippen molar-refractivity contribution in [3.63, 3.8) is 0 Å². The Bertz CT molecular complexity index is 511. The molecule has 2 rings (SSSR count). The SMILES string of the molecule is CC(C)(C)NCc1ncn(CCCc2ccccc2)n1. The van der Waals surface area contributed by atoms with Crippen molar-refractivity contribution in [2.75, 3.05) is 0 Å². The highest BCUT2D eigenvalue weighted by atomic mass is 15.3. The molecule has 0 aliphatic rings. The van der Waals surface area contributed by atoms with Crippen LogP contribution in [0.1, 0.15) is 38.6 Å². The van der Waals surface area contributed by atoms with Crippen LogP contribution in [0.5, 0.6) is 0 Å².